The van der Waals surface area contributed by atoms with E-state index in [-0.39, 0.29) is 23.6 Å². The van der Waals surface area contributed by atoms with Gasteiger partial charge < -0.3 is 14.6 Å². The number of methoxy groups -OCH3 is 1. The Morgan fingerprint density at radius 2 is 2.00 bits per heavy atom. The average Bonchev–Trinajstić information content (AvgIpc) is 2.48. The molecule has 2 aromatic rings. The van der Waals surface area contributed by atoms with Gasteiger partial charge >= 0.3 is 5.97 Å². The van der Waals surface area contributed by atoms with Crippen LogP contribution >= 0.6 is 0 Å². The van der Waals surface area contributed by atoms with Crippen LogP contribution in [0.25, 0.3) is 0 Å². The average molecular weight is 303 g/mol. The molecule has 0 aliphatic carbocycles. The molecular formula is C15H13NO6. The maximum Gasteiger partial charge on any atom is 0.307 e. The predicted octanol–water partition coefficient (Wildman–Crippen LogP) is 3.02. The molecule has 2 rings (SSSR count). The van der Waals surface area contributed by atoms with Crippen molar-refractivity contribution >= 4 is 11.7 Å². The minimum absolute atomic E-state index is 0.111. The first-order chi connectivity index (χ1) is 10.5. The van der Waals surface area contributed by atoms with Gasteiger partial charge in [0.25, 0.3) is 5.69 Å². The molecule has 0 aromatic heterocycles. The lowest BCUT2D eigenvalue weighted by Gasteiger charge is -2.11. The summed E-state index contributed by atoms with van der Waals surface area (Å²) in [7, 11) is 1.48. The summed E-state index contributed by atoms with van der Waals surface area (Å²) in [5.74, 6) is 0.0139. The van der Waals surface area contributed by atoms with Crippen molar-refractivity contribution in [3.63, 3.8) is 0 Å². The Morgan fingerprint density at radius 1 is 1.23 bits per heavy atom. The molecule has 0 amide bonds. The van der Waals surface area contributed by atoms with E-state index in [9.17, 15) is 14.9 Å². The van der Waals surface area contributed by atoms with Gasteiger partial charge in [-0.15, -0.1) is 0 Å². The standard InChI is InChI=1S/C15H13NO6/c1-21-12-6-5-10(7-15(17)18)14(9-12)22-13-4-2-3-11(8-13)16(19)20/h2-6,8-9H,7H2,1H3,(H,17,18). The van der Waals surface area contributed by atoms with Crippen molar-refractivity contribution in [2.45, 2.75) is 6.42 Å². The molecule has 7 nitrogen and oxygen atoms in total. The zero-order valence-electron chi connectivity index (χ0n) is 11.7. The van der Waals surface area contributed by atoms with E-state index in [4.69, 9.17) is 14.6 Å². The molecule has 0 heterocycles. The van der Waals surface area contributed by atoms with E-state index in [1.807, 2.05) is 0 Å². The largest absolute Gasteiger partial charge is 0.497 e. The van der Waals surface area contributed by atoms with Crippen LogP contribution in [0.2, 0.25) is 0 Å². The van der Waals surface area contributed by atoms with Crippen LogP contribution in [0.5, 0.6) is 17.2 Å². The number of carbonyl (C=O) groups is 1. The predicted molar refractivity (Wildman–Crippen MR) is 77.5 cm³/mol. The smallest absolute Gasteiger partial charge is 0.307 e. The molecule has 7 heteroatoms. The van der Waals surface area contributed by atoms with Gasteiger partial charge in [-0.05, 0) is 12.1 Å². The Kier molecular flexibility index (Phi) is 4.57. The highest BCUT2D eigenvalue weighted by molar-refractivity contribution is 5.71. The molecule has 0 fully saturated rings. The summed E-state index contributed by atoms with van der Waals surface area (Å²) in [5, 5.41) is 19.7. The number of aliphatic carboxylic acids is 1. The molecule has 0 spiro atoms. The number of carboxylic acids is 1. The van der Waals surface area contributed by atoms with E-state index in [0.29, 0.717) is 11.3 Å². The van der Waals surface area contributed by atoms with Crippen LogP contribution in [0.15, 0.2) is 42.5 Å². The van der Waals surface area contributed by atoms with Crippen LogP contribution in [0.4, 0.5) is 5.69 Å². The van der Waals surface area contributed by atoms with Gasteiger partial charge in [0, 0.05) is 17.7 Å². The number of non-ortho nitro benzene ring substituents is 1. The summed E-state index contributed by atoms with van der Waals surface area (Å²) in [4.78, 5) is 21.1. The van der Waals surface area contributed by atoms with E-state index in [2.05, 4.69) is 0 Å². The van der Waals surface area contributed by atoms with Crippen LogP contribution in [0.3, 0.4) is 0 Å². The van der Waals surface area contributed by atoms with Crippen molar-refractivity contribution in [3.8, 4) is 17.2 Å². The first-order valence-electron chi connectivity index (χ1n) is 6.30. The molecule has 0 radical (unpaired) electrons. The van der Waals surface area contributed by atoms with E-state index >= 15 is 0 Å². The Balaban J connectivity index is 2.36. The highest BCUT2D eigenvalue weighted by atomic mass is 16.6. The van der Waals surface area contributed by atoms with E-state index in [0.717, 1.165) is 0 Å². The van der Waals surface area contributed by atoms with Crippen molar-refractivity contribution in [2.24, 2.45) is 0 Å². The number of nitro benzene ring substituents is 1. The Bertz CT molecular complexity index is 713. The fraction of sp³-hybridized carbons (Fsp3) is 0.133. The molecule has 0 aliphatic rings. The summed E-state index contributed by atoms with van der Waals surface area (Å²) in [5.41, 5.74) is 0.333. The second-order valence-corrected chi connectivity index (χ2v) is 4.40. The van der Waals surface area contributed by atoms with Gasteiger partial charge in [-0.25, -0.2) is 0 Å². The first kappa shape index (κ1) is 15.3. The maximum atomic E-state index is 10.9. The summed E-state index contributed by atoms with van der Waals surface area (Å²) >= 11 is 0. The molecular weight excluding hydrogens is 290 g/mol. The minimum Gasteiger partial charge on any atom is -0.497 e. The van der Waals surface area contributed by atoms with Crippen molar-refractivity contribution in [1.29, 1.82) is 0 Å². The van der Waals surface area contributed by atoms with Gasteiger partial charge in [0.2, 0.25) is 0 Å². The molecule has 0 saturated carbocycles. The van der Waals surface area contributed by atoms with Crippen LogP contribution in [0.1, 0.15) is 5.56 Å². The van der Waals surface area contributed by atoms with Crippen molar-refractivity contribution in [2.75, 3.05) is 7.11 Å². The molecule has 114 valence electrons. The van der Waals surface area contributed by atoms with Crippen LogP contribution in [-0.2, 0) is 11.2 Å². The second-order valence-electron chi connectivity index (χ2n) is 4.40. The Hall–Kier alpha value is -3.09. The van der Waals surface area contributed by atoms with E-state index < -0.39 is 10.9 Å². The minimum atomic E-state index is -1.01. The molecule has 0 atom stereocenters. The number of hydrogen-bond acceptors (Lipinski definition) is 5. The summed E-state index contributed by atoms with van der Waals surface area (Å²) < 4.78 is 10.7. The number of nitrogens with zero attached hydrogens (tertiary/aromatic N) is 1. The van der Waals surface area contributed by atoms with Crippen molar-refractivity contribution in [3.05, 3.63) is 58.1 Å². The number of rotatable bonds is 6. The maximum absolute atomic E-state index is 10.9. The molecule has 0 unspecified atom stereocenters. The lowest BCUT2D eigenvalue weighted by atomic mass is 10.1. The fourth-order valence-electron chi connectivity index (χ4n) is 1.85. The van der Waals surface area contributed by atoms with Crippen LogP contribution < -0.4 is 9.47 Å². The van der Waals surface area contributed by atoms with E-state index in [1.54, 1.807) is 18.2 Å². The van der Waals surface area contributed by atoms with Gasteiger partial charge in [-0.2, -0.15) is 0 Å². The SMILES string of the molecule is COc1ccc(CC(=O)O)c(Oc2cccc([N+](=O)[O-])c2)c1. The summed E-state index contributed by atoms with van der Waals surface area (Å²) in [6.45, 7) is 0. The number of ether oxygens (including phenoxy) is 2. The van der Waals surface area contributed by atoms with Gasteiger partial charge in [0.1, 0.15) is 17.2 Å². The number of hydrogen-bond donors (Lipinski definition) is 1. The van der Waals surface area contributed by atoms with Crippen LogP contribution in [-0.4, -0.2) is 23.1 Å². The van der Waals surface area contributed by atoms with Gasteiger partial charge in [0.05, 0.1) is 24.5 Å². The van der Waals surface area contributed by atoms with E-state index in [1.165, 1.54) is 31.4 Å². The second kappa shape index (κ2) is 6.57. The number of nitro groups is 1. The molecule has 0 aliphatic heterocycles. The lowest BCUT2D eigenvalue weighted by molar-refractivity contribution is -0.384. The molecule has 22 heavy (non-hydrogen) atoms. The van der Waals surface area contributed by atoms with Crippen LogP contribution in [0, 0.1) is 10.1 Å². The third-order valence-electron chi connectivity index (χ3n) is 2.87. The fourth-order valence-corrected chi connectivity index (χ4v) is 1.85. The third kappa shape index (κ3) is 3.72. The molecule has 2 aromatic carbocycles. The van der Waals surface area contributed by atoms with Crippen molar-refractivity contribution < 1.29 is 24.3 Å². The Morgan fingerprint density at radius 3 is 2.64 bits per heavy atom. The van der Waals surface area contributed by atoms with Gasteiger partial charge in [-0.1, -0.05) is 12.1 Å². The summed E-state index contributed by atoms with van der Waals surface area (Å²) in [6, 6.07) is 10.4. The number of carboxylic acid groups (broad SMARTS) is 1. The van der Waals surface area contributed by atoms with Crippen molar-refractivity contribution in [1.82, 2.24) is 0 Å². The monoisotopic (exact) mass is 303 g/mol. The summed E-state index contributed by atoms with van der Waals surface area (Å²) in [6.07, 6.45) is -0.228. The normalized spacial score (nSPS) is 10.0. The van der Waals surface area contributed by atoms with Gasteiger partial charge in [0.15, 0.2) is 0 Å². The zero-order valence-corrected chi connectivity index (χ0v) is 11.7. The Labute approximate surface area is 125 Å². The third-order valence-corrected chi connectivity index (χ3v) is 2.87. The lowest BCUT2D eigenvalue weighted by Crippen LogP contribution is -2.02. The highest BCUT2D eigenvalue weighted by Gasteiger charge is 2.12. The molecule has 0 bridgehead atoms. The zero-order chi connectivity index (χ0) is 16.1. The first-order valence-corrected chi connectivity index (χ1v) is 6.30. The quantitative estimate of drug-likeness (QED) is 0.650. The highest BCUT2D eigenvalue weighted by Crippen LogP contribution is 2.31. The molecule has 1 N–H and O–H groups in total. The molecule has 0 saturated heterocycles. The topological polar surface area (TPSA) is 98.9 Å². The van der Waals surface area contributed by atoms with Gasteiger partial charge in [-0.3, -0.25) is 14.9 Å². The number of benzene rings is 2.